The summed E-state index contributed by atoms with van der Waals surface area (Å²) in [5.74, 6) is -3.92. The molecule has 0 saturated carbocycles. The van der Waals surface area contributed by atoms with Crippen LogP contribution >= 0.6 is 18.9 Å². The molecule has 14 heteroatoms. The number of pyridine rings is 1. The van der Waals surface area contributed by atoms with Crippen LogP contribution in [0.2, 0.25) is 0 Å². The molecule has 3 fully saturated rings. The molecule has 3 amide bonds. The van der Waals surface area contributed by atoms with Crippen molar-refractivity contribution in [1.82, 2.24) is 20.1 Å². The third-order valence-corrected chi connectivity index (χ3v) is 10.4. The molecule has 3 aliphatic rings. The summed E-state index contributed by atoms with van der Waals surface area (Å²) >= 11 is 1.12. The number of carbonyl (C=O) groups excluding carboxylic acids is 3. The zero-order valence-corrected chi connectivity index (χ0v) is 24.1. The molecule has 3 N–H and O–H groups in total. The molecule has 5 heterocycles. The lowest BCUT2D eigenvalue weighted by Gasteiger charge is -2.42. The van der Waals surface area contributed by atoms with E-state index in [9.17, 15) is 27.7 Å². The summed E-state index contributed by atoms with van der Waals surface area (Å²) < 4.78 is 40.3. The summed E-state index contributed by atoms with van der Waals surface area (Å²) in [4.78, 5) is 66.3. The third-order valence-electron chi connectivity index (χ3n) is 8.44. The van der Waals surface area contributed by atoms with Crippen LogP contribution in [0.3, 0.4) is 0 Å². The summed E-state index contributed by atoms with van der Waals surface area (Å²) in [5.41, 5.74) is 0.289. The summed E-state index contributed by atoms with van der Waals surface area (Å²) in [6, 6.07) is 5.33. The molecule has 0 spiro atoms. The number of hydrogen-bond donors (Lipinski definition) is 3. The Labute approximate surface area is 243 Å². The molecule has 3 aromatic rings. The van der Waals surface area contributed by atoms with Gasteiger partial charge >= 0.3 is 7.60 Å². The van der Waals surface area contributed by atoms with Gasteiger partial charge in [-0.05, 0) is 67.3 Å². The number of halogens is 2. The Morgan fingerprint density at radius 2 is 1.90 bits per heavy atom. The quantitative estimate of drug-likeness (QED) is 0.357. The second-order valence-electron chi connectivity index (χ2n) is 11.1. The molecular weight excluding hydrogens is 589 g/mol. The topological polar surface area (TPSA) is 140 Å². The normalized spacial score (nSPS) is 23.8. The molecule has 2 aromatic heterocycles. The van der Waals surface area contributed by atoms with Gasteiger partial charge in [0.15, 0.2) is 0 Å². The number of thiophene rings is 1. The molecule has 222 valence electrons. The molecule has 6 rings (SSSR count). The number of alkyl halides is 1. The third kappa shape index (κ3) is 5.34. The van der Waals surface area contributed by atoms with Gasteiger partial charge in [-0.15, -0.1) is 11.3 Å². The highest BCUT2D eigenvalue weighted by Crippen LogP contribution is 2.53. The Balaban J connectivity index is 1.14. The van der Waals surface area contributed by atoms with E-state index in [0.717, 1.165) is 17.8 Å². The van der Waals surface area contributed by atoms with Crippen LogP contribution in [0.15, 0.2) is 42.7 Å². The van der Waals surface area contributed by atoms with Crippen molar-refractivity contribution in [3.05, 3.63) is 64.5 Å². The lowest BCUT2D eigenvalue weighted by atomic mass is 9.91. The molecule has 3 aliphatic heterocycles. The molecule has 1 aromatic carbocycles. The van der Waals surface area contributed by atoms with E-state index in [-0.39, 0.29) is 40.0 Å². The van der Waals surface area contributed by atoms with Gasteiger partial charge in [0.2, 0.25) is 17.7 Å². The van der Waals surface area contributed by atoms with Crippen molar-refractivity contribution >= 4 is 46.7 Å². The van der Waals surface area contributed by atoms with E-state index in [0.29, 0.717) is 54.4 Å². The van der Waals surface area contributed by atoms with Gasteiger partial charge in [-0.25, -0.2) is 8.78 Å². The Hall–Kier alpha value is -3.25. The summed E-state index contributed by atoms with van der Waals surface area (Å²) in [5, 5.41) is 3.27. The van der Waals surface area contributed by atoms with E-state index in [2.05, 4.69) is 10.3 Å². The van der Waals surface area contributed by atoms with Crippen LogP contribution in [0, 0.1) is 5.82 Å². The number of aromatic nitrogens is 1. The molecule has 0 radical (unpaired) electrons. The predicted octanol–water partition coefficient (Wildman–Crippen LogP) is 3.85. The Morgan fingerprint density at radius 3 is 2.64 bits per heavy atom. The predicted molar refractivity (Wildman–Crippen MR) is 150 cm³/mol. The van der Waals surface area contributed by atoms with Gasteiger partial charge in [-0.3, -0.25) is 23.9 Å². The van der Waals surface area contributed by atoms with Crippen molar-refractivity contribution in [2.75, 3.05) is 13.1 Å². The molecule has 3 saturated heterocycles. The van der Waals surface area contributed by atoms with Crippen LogP contribution in [-0.4, -0.2) is 73.5 Å². The molecule has 0 bridgehead atoms. The second-order valence-corrected chi connectivity index (χ2v) is 13.8. The Kier molecular flexibility index (Phi) is 7.63. The van der Waals surface area contributed by atoms with Crippen LogP contribution < -0.4 is 5.32 Å². The van der Waals surface area contributed by atoms with Crippen LogP contribution in [0.4, 0.5) is 8.78 Å². The number of rotatable bonds is 6. The number of likely N-dealkylation sites (tertiary alicyclic amines) is 1. The van der Waals surface area contributed by atoms with Gasteiger partial charge in [-0.1, -0.05) is 6.07 Å². The second kappa shape index (κ2) is 11.1. The van der Waals surface area contributed by atoms with Gasteiger partial charge in [0.1, 0.15) is 17.9 Å². The van der Waals surface area contributed by atoms with Crippen molar-refractivity contribution in [1.29, 1.82) is 0 Å². The number of nitrogens with one attached hydrogen (secondary N) is 1. The highest BCUT2D eigenvalue weighted by molar-refractivity contribution is 7.51. The van der Waals surface area contributed by atoms with Gasteiger partial charge in [0.05, 0.1) is 4.88 Å². The fourth-order valence-corrected chi connectivity index (χ4v) is 7.73. The van der Waals surface area contributed by atoms with Crippen LogP contribution in [0.25, 0.3) is 10.1 Å². The van der Waals surface area contributed by atoms with Crippen LogP contribution in [0.5, 0.6) is 0 Å². The first-order valence-corrected chi connectivity index (χ1v) is 16.2. The van der Waals surface area contributed by atoms with Crippen LogP contribution in [-0.2, 0) is 14.2 Å². The van der Waals surface area contributed by atoms with Crippen molar-refractivity contribution in [3.63, 3.8) is 0 Å². The zero-order valence-electron chi connectivity index (χ0n) is 22.4. The maximum absolute atomic E-state index is 14.2. The van der Waals surface area contributed by atoms with Gasteiger partial charge in [0.25, 0.3) is 5.91 Å². The standard InChI is InChI=1S/C28H29F2N4O6PS/c29-20-8-9-31-12-19(20)17-13-33(14-17)28(37)22-6-5-18-2-1-3-21(27(36)34(18)22)32-26(35)24-11-16-10-15(4-7-23(16)42-24)25(30)41(38,39)40/h4,7-12,17-18,21-22,25H,1-3,5-6,13-14H2,(H,32,35)(H2,38,39,40)/t18-,21-,22?,25?/m0/s1. The maximum atomic E-state index is 14.2. The SMILES string of the molecule is O=C(N[C@H]1CCC[C@H]2CCC(C(=O)N3CC(c4cnccc4F)C3)N2C1=O)c1cc2cc(C(F)P(=O)(O)O)ccc2s1. The average molecular weight is 619 g/mol. The zero-order chi connectivity index (χ0) is 29.8. The first kappa shape index (κ1) is 28.9. The van der Waals surface area contributed by atoms with E-state index in [1.807, 2.05) is 0 Å². The van der Waals surface area contributed by atoms with Crippen molar-refractivity contribution in [2.24, 2.45) is 0 Å². The minimum atomic E-state index is -4.98. The van der Waals surface area contributed by atoms with E-state index in [1.165, 1.54) is 42.7 Å². The van der Waals surface area contributed by atoms with Gasteiger partial charge < -0.3 is 24.9 Å². The van der Waals surface area contributed by atoms with Crippen LogP contribution in [0.1, 0.15) is 64.7 Å². The highest BCUT2D eigenvalue weighted by Gasteiger charge is 2.47. The van der Waals surface area contributed by atoms with Gasteiger partial charge in [0, 0.05) is 47.7 Å². The molecular formula is C28H29F2N4O6PS. The minimum Gasteiger partial charge on any atom is -0.340 e. The van der Waals surface area contributed by atoms with E-state index in [1.54, 1.807) is 9.80 Å². The smallest absolute Gasteiger partial charge is 0.340 e. The first-order valence-electron chi connectivity index (χ1n) is 13.7. The Bertz CT molecular complexity index is 1610. The van der Waals surface area contributed by atoms with E-state index < -0.39 is 31.5 Å². The molecule has 10 nitrogen and oxygen atoms in total. The lowest BCUT2D eigenvalue weighted by molar-refractivity contribution is -0.148. The molecule has 42 heavy (non-hydrogen) atoms. The highest BCUT2D eigenvalue weighted by atomic mass is 32.1. The lowest BCUT2D eigenvalue weighted by Crippen LogP contribution is -2.58. The monoisotopic (exact) mass is 618 g/mol. The average Bonchev–Trinajstić information content (AvgIpc) is 3.52. The number of fused-ring (bicyclic) bond motifs is 2. The van der Waals surface area contributed by atoms with E-state index >= 15 is 0 Å². The first-order chi connectivity index (χ1) is 20.0. The summed E-state index contributed by atoms with van der Waals surface area (Å²) in [6.07, 6.45) is 5.93. The minimum absolute atomic E-state index is 0.0911. The number of amides is 3. The number of nitrogens with zero attached hydrogens (tertiary/aromatic N) is 3. The van der Waals surface area contributed by atoms with Crippen molar-refractivity contribution in [2.45, 2.75) is 62.1 Å². The number of carbonyl (C=O) groups is 3. The molecule has 4 atom stereocenters. The summed E-state index contributed by atoms with van der Waals surface area (Å²) in [6.45, 7) is 0.714. The maximum Gasteiger partial charge on any atom is 0.363 e. The molecule has 0 aliphatic carbocycles. The fraction of sp³-hybridized carbons (Fsp3) is 0.429. The van der Waals surface area contributed by atoms with Gasteiger partial charge in [-0.2, -0.15) is 0 Å². The largest absolute Gasteiger partial charge is 0.363 e. The Morgan fingerprint density at radius 1 is 1.12 bits per heavy atom. The van der Waals surface area contributed by atoms with Crippen molar-refractivity contribution < 1.29 is 37.5 Å². The van der Waals surface area contributed by atoms with E-state index in [4.69, 9.17) is 9.79 Å². The van der Waals surface area contributed by atoms with Crippen molar-refractivity contribution in [3.8, 4) is 0 Å². The summed E-state index contributed by atoms with van der Waals surface area (Å²) in [7, 11) is -4.98. The number of hydrogen-bond acceptors (Lipinski definition) is 6. The number of benzene rings is 1. The fourth-order valence-electron chi connectivity index (χ4n) is 6.24. The molecule has 2 unspecified atom stereocenters.